The number of rotatable bonds is 11. The minimum absolute atomic E-state index is 0.287. The lowest BCUT2D eigenvalue weighted by atomic mass is 9.88. The number of piperazine rings is 1. The van der Waals surface area contributed by atoms with Gasteiger partial charge in [0.2, 0.25) is 0 Å². The van der Waals surface area contributed by atoms with Gasteiger partial charge in [-0.1, -0.05) is 67.2 Å². The Morgan fingerprint density at radius 3 is 2.14 bits per heavy atom. The Bertz CT molecular complexity index is 1080. The first-order chi connectivity index (χ1) is 18.1. The van der Waals surface area contributed by atoms with Crippen LogP contribution in [0.3, 0.4) is 0 Å². The molecular formula is C31H38N4OS. The van der Waals surface area contributed by atoms with E-state index in [1.165, 1.54) is 16.7 Å². The summed E-state index contributed by atoms with van der Waals surface area (Å²) in [6.07, 6.45) is 0.944. The predicted octanol–water partition coefficient (Wildman–Crippen LogP) is 5.38. The molecule has 3 aromatic rings. The van der Waals surface area contributed by atoms with E-state index in [1.807, 2.05) is 24.3 Å². The molecule has 1 fully saturated rings. The maximum Gasteiger partial charge on any atom is 0.173 e. The normalized spacial score (nSPS) is 13.8. The minimum atomic E-state index is 0.287. The Kier molecular flexibility index (Phi) is 10.1. The van der Waals surface area contributed by atoms with Crippen molar-refractivity contribution in [3.05, 3.63) is 108 Å². The van der Waals surface area contributed by atoms with Crippen LogP contribution < -0.4 is 15.4 Å². The number of nitrogens with one attached hydrogen (secondary N) is 2. The molecule has 4 rings (SSSR count). The minimum Gasteiger partial charge on any atom is -0.497 e. The number of hydrogen-bond acceptors (Lipinski definition) is 4. The Morgan fingerprint density at radius 2 is 1.57 bits per heavy atom. The van der Waals surface area contributed by atoms with Crippen LogP contribution >= 0.6 is 12.2 Å². The molecule has 3 aromatic carbocycles. The highest BCUT2D eigenvalue weighted by Crippen LogP contribution is 2.28. The third-order valence-corrected chi connectivity index (χ3v) is 7.15. The van der Waals surface area contributed by atoms with Crippen molar-refractivity contribution in [2.24, 2.45) is 0 Å². The van der Waals surface area contributed by atoms with Crippen molar-refractivity contribution in [2.45, 2.75) is 12.3 Å². The summed E-state index contributed by atoms with van der Waals surface area (Å²) in [7, 11) is 1.68. The van der Waals surface area contributed by atoms with E-state index in [0.717, 1.165) is 63.7 Å². The Balaban J connectivity index is 1.49. The SMILES string of the molecule is C=C(CN1CCNCC1)CN(CCC(c1ccccc1)c1ccccc1)C(=S)Nc1ccc(OC)cc1. The molecule has 2 N–H and O–H groups in total. The highest BCUT2D eigenvalue weighted by molar-refractivity contribution is 7.80. The van der Waals surface area contributed by atoms with Gasteiger partial charge in [0, 0.05) is 57.4 Å². The lowest BCUT2D eigenvalue weighted by Gasteiger charge is -2.32. The highest BCUT2D eigenvalue weighted by atomic mass is 32.1. The summed E-state index contributed by atoms with van der Waals surface area (Å²) in [5.41, 5.74) is 4.77. The number of thiocarbonyl (C=S) groups is 1. The highest BCUT2D eigenvalue weighted by Gasteiger charge is 2.19. The molecule has 1 aliphatic heterocycles. The molecule has 0 amide bonds. The third-order valence-electron chi connectivity index (χ3n) is 6.79. The van der Waals surface area contributed by atoms with Gasteiger partial charge in [-0.3, -0.25) is 4.90 Å². The fourth-order valence-corrected chi connectivity index (χ4v) is 5.09. The zero-order chi connectivity index (χ0) is 25.9. The Hall–Kier alpha value is -3.19. The average molecular weight is 515 g/mol. The van der Waals surface area contributed by atoms with E-state index >= 15 is 0 Å². The number of anilines is 1. The van der Waals surface area contributed by atoms with E-state index in [4.69, 9.17) is 17.0 Å². The second kappa shape index (κ2) is 13.9. The van der Waals surface area contributed by atoms with Crippen LogP contribution in [0.25, 0.3) is 0 Å². The van der Waals surface area contributed by atoms with Gasteiger partial charge in [-0.25, -0.2) is 0 Å². The first kappa shape index (κ1) is 26.9. The molecule has 6 heteroatoms. The van der Waals surface area contributed by atoms with Crippen molar-refractivity contribution in [1.29, 1.82) is 0 Å². The summed E-state index contributed by atoms with van der Waals surface area (Å²) in [4.78, 5) is 4.73. The van der Waals surface area contributed by atoms with Gasteiger partial charge in [0.1, 0.15) is 5.75 Å². The molecule has 1 saturated heterocycles. The number of benzene rings is 3. The van der Waals surface area contributed by atoms with Gasteiger partial charge in [0.25, 0.3) is 0 Å². The molecule has 0 atom stereocenters. The van der Waals surface area contributed by atoms with Gasteiger partial charge < -0.3 is 20.3 Å². The van der Waals surface area contributed by atoms with Crippen LogP contribution in [-0.2, 0) is 0 Å². The molecule has 0 unspecified atom stereocenters. The standard InChI is InChI=1S/C31H38N4OS/c1-25(23-34-21-18-32-19-22-34)24-35(31(37)33-28-13-15-29(36-2)16-14-28)20-17-30(26-9-5-3-6-10-26)27-11-7-4-8-12-27/h3-16,30,32H,1,17-24H2,2H3,(H,33,37). The van der Waals surface area contributed by atoms with Gasteiger partial charge in [-0.2, -0.15) is 0 Å². The quantitative estimate of drug-likeness (QED) is 0.265. The number of ether oxygens (including phenoxy) is 1. The smallest absolute Gasteiger partial charge is 0.173 e. The van der Waals surface area contributed by atoms with E-state index < -0.39 is 0 Å². The Morgan fingerprint density at radius 1 is 0.973 bits per heavy atom. The van der Waals surface area contributed by atoms with Crippen LogP contribution in [0, 0.1) is 0 Å². The fraction of sp³-hybridized carbons (Fsp3) is 0.323. The molecule has 0 saturated carbocycles. The number of methoxy groups -OCH3 is 1. The summed E-state index contributed by atoms with van der Waals surface area (Å²) in [5, 5.41) is 7.58. The Labute approximate surface area is 227 Å². The van der Waals surface area contributed by atoms with Gasteiger partial charge in [-0.15, -0.1) is 0 Å². The molecule has 0 radical (unpaired) electrons. The van der Waals surface area contributed by atoms with Crippen LogP contribution in [0.1, 0.15) is 23.5 Å². The van der Waals surface area contributed by atoms with Gasteiger partial charge in [0.05, 0.1) is 7.11 Å². The van der Waals surface area contributed by atoms with Crippen molar-refractivity contribution < 1.29 is 4.74 Å². The monoisotopic (exact) mass is 514 g/mol. The summed E-state index contributed by atoms with van der Waals surface area (Å²) >= 11 is 5.95. The van der Waals surface area contributed by atoms with Crippen molar-refractivity contribution in [2.75, 3.05) is 58.2 Å². The molecular weight excluding hydrogens is 476 g/mol. The van der Waals surface area contributed by atoms with E-state index in [2.05, 4.69) is 87.7 Å². The van der Waals surface area contributed by atoms with Crippen LogP contribution in [0.4, 0.5) is 5.69 Å². The van der Waals surface area contributed by atoms with Crippen LogP contribution in [0.15, 0.2) is 97.1 Å². The summed E-state index contributed by atoms with van der Waals surface area (Å²) < 4.78 is 5.30. The van der Waals surface area contributed by atoms with Crippen LogP contribution in [0.2, 0.25) is 0 Å². The molecule has 194 valence electrons. The topological polar surface area (TPSA) is 39.8 Å². The molecule has 0 aliphatic carbocycles. The van der Waals surface area contributed by atoms with Crippen LogP contribution in [-0.4, -0.2) is 67.8 Å². The first-order valence-corrected chi connectivity index (χ1v) is 13.4. The molecule has 37 heavy (non-hydrogen) atoms. The molecule has 1 heterocycles. The van der Waals surface area contributed by atoms with Crippen molar-refractivity contribution in [3.8, 4) is 5.75 Å². The van der Waals surface area contributed by atoms with E-state index in [0.29, 0.717) is 5.11 Å². The molecule has 0 spiro atoms. The molecule has 1 aliphatic rings. The largest absolute Gasteiger partial charge is 0.497 e. The average Bonchev–Trinajstić information content (AvgIpc) is 2.94. The fourth-order valence-electron chi connectivity index (χ4n) is 4.82. The summed E-state index contributed by atoms with van der Waals surface area (Å²) in [6.45, 7) is 11.0. The van der Waals surface area contributed by atoms with Gasteiger partial charge in [0.15, 0.2) is 5.11 Å². The van der Waals surface area contributed by atoms with E-state index in [9.17, 15) is 0 Å². The lowest BCUT2D eigenvalue weighted by Crippen LogP contribution is -2.45. The van der Waals surface area contributed by atoms with Crippen molar-refractivity contribution >= 4 is 23.0 Å². The van der Waals surface area contributed by atoms with Gasteiger partial charge in [-0.05, 0) is 59.6 Å². The van der Waals surface area contributed by atoms with E-state index in [1.54, 1.807) is 7.11 Å². The predicted molar refractivity (Wildman–Crippen MR) is 159 cm³/mol. The van der Waals surface area contributed by atoms with Crippen molar-refractivity contribution in [1.82, 2.24) is 15.1 Å². The van der Waals surface area contributed by atoms with E-state index in [-0.39, 0.29) is 5.92 Å². The lowest BCUT2D eigenvalue weighted by molar-refractivity contribution is 0.254. The third kappa shape index (κ3) is 8.15. The molecule has 0 bridgehead atoms. The summed E-state index contributed by atoms with van der Waals surface area (Å²) in [6, 6.07) is 29.4. The first-order valence-electron chi connectivity index (χ1n) is 13.0. The maximum atomic E-state index is 5.95. The van der Waals surface area contributed by atoms with Gasteiger partial charge >= 0.3 is 0 Å². The number of hydrogen-bond donors (Lipinski definition) is 2. The zero-order valence-electron chi connectivity index (χ0n) is 21.7. The maximum absolute atomic E-state index is 5.95. The molecule has 0 aromatic heterocycles. The zero-order valence-corrected chi connectivity index (χ0v) is 22.6. The molecule has 5 nitrogen and oxygen atoms in total. The second-order valence-corrected chi connectivity index (χ2v) is 9.91. The van der Waals surface area contributed by atoms with Crippen molar-refractivity contribution in [3.63, 3.8) is 0 Å². The van der Waals surface area contributed by atoms with Crippen LogP contribution in [0.5, 0.6) is 5.75 Å². The number of nitrogens with zero attached hydrogens (tertiary/aromatic N) is 2. The second-order valence-electron chi connectivity index (χ2n) is 9.52. The summed E-state index contributed by atoms with van der Waals surface area (Å²) in [5.74, 6) is 1.11.